The summed E-state index contributed by atoms with van der Waals surface area (Å²) >= 11 is 0. The summed E-state index contributed by atoms with van der Waals surface area (Å²) in [5.41, 5.74) is 0. The molecule has 1 aromatic rings. The quantitative estimate of drug-likeness (QED) is 0.754. The minimum atomic E-state index is -4.64. The lowest BCUT2D eigenvalue weighted by molar-refractivity contribution is -0.156. The summed E-state index contributed by atoms with van der Waals surface area (Å²) in [4.78, 5) is 15.1. The zero-order valence-corrected chi connectivity index (χ0v) is 9.90. The minimum absolute atomic E-state index is 0.505. The highest BCUT2D eigenvalue weighted by atomic mass is 19.4. The zero-order valence-electron chi connectivity index (χ0n) is 9.90. The van der Waals surface area contributed by atoms with Gasteiger partial charge in [-0.3, -0.25) is 4.79 Å². The minimum Gasteiger partial charge on any atom is -0.357 e. The SMILES string of the molecule is CC(C)N(C)c1ccccn1.O=CC(F)(F)F. The lowest BCUT2D eigenvalue weighted by Gasteiger charge is -2.21. The smallest absolute Gasteiger partial charge is 0.357 e. The third kappa shape index (κ3) is 7.32. The maximum Gasteiger partial charge on any atom is 0.446 e. The number of anilines is 1. The molecule has 0 saturated heterocycles. The molecule has 0 aliphatic heterocycles. The number of pyridine rings is 1. The van der Waals surface area contributed by atoms with E-state index in [0.717, 1.165) is 5.82 Å². The Labute approximate surface area is 98.3 Å². The molecule has 0 amide bonds. The predicted molar refractivity (Wildman–Crippen MR) is 59.9 cm³/mol. The number of nitrogens with zero attached hydrogens (tertiary/aromatic N) is 2. The average molecular weight is 248 g/mol. The van der Waals surface area contributed by atoms with Gasteiger partial charge in [0.2, 0.25) is 6.29 Å². The Balaban J connectivity index is 0.000000366. The second-order valence-corrected chi connectivity index (χ2v) is 3.55. The molecule has 0 spiro atoms. The largest absolute Gasteiger partial charge is 0.446 e. The van der Waals surface area contributed by atoms with Gasteiger partial charge in [-0.25, -0.2) is 4.98 Å². The Morgan fingerprint density at radius 1 is 1.35 bits per heavy atom. The van der Waals surface area contributed by atoms with E-state index in [1.165, 1.54) is 0 Å². The molecule has 0 fully saturated rings. The lowest BCUT2D eigenvalue weighted by atomic mass is 10.3. The molecular formula is C11H15F3N2O. The number of hydrogen-bond acceptors (Lipinski definition) is 3. The van der Waals surface area contributed by atoms with Crippen molar-refractivity contribution in [2.45, 2.75) is 26.1 Å². The van der Waals surface area contributed by atoms with Crippen LogP contribution in [0.2, 0.25) is 0 Å². The summed E-state index contributed by atoms with van der Waals surface area (Å²) in [5.74, 6) is 1.03. The van der Waals surface area contributed by atoms with Crippen molar-refractivity contribution >= 4 is 12.1 Å². The average Bonchev–Trinajstić information content (AvgIpc) is 2.29. The monoisotopic (exact) mass is 248 g/mol. The molecule has 1 rings (SSSR count). The highest BCUT2D eigenvalue weighted by Gasteiger charge is 2.24. The van der Waals surface area contributed by atoms with Crippen molar-refractivity contribution in [3.8, 4) is 0 Å². The van der Waals surface area contributed by atoms with Crippen molar-refractivity contribution in [2.75, 3.05) is 11.9 Å². The van der Waals surface area contributed by atoms with Gasteiger partial charge >= 0.3 is 6.18 Å². The molecule has 0 bridgehead atoms. The van der Waals surface area contributed by atoms with Crippen LogP contribution >= 0.6 is 0 Å². The molecule has 0 N–H and O–H groups in total. The van der Waals surface area contributed by atoms with E-state index in [2.05, 4.69) is 23.7 Å². The van der Waals surface area contributed by atoms with E-state index >= 15 is 0 Å². The Bertz CT molecular complexity index is 325. The first-order chi connectivity index (χ1) is 7.78. The van der Waals surface area contributed by atoms with Gasteiger partial charge in [0.15, 0.2) is 0 Å². The van der Waals surface area contributed by atoms with Gasteiger partial charge in [-0.05, 0) is 26.0 Å². The van der Waals surface area contributed by atoms with E-state index < -0.39 is 12.5 Å². The van der Waals surface area contributed by atoms with Gasteiger partial charge in [0.1, 0.15) is 5.82 Å². The molecule has 0 unspecified atom stereocenters. The summed E-state index contributed by atoms with van der Waals surface area (Å²) in [6, 6.07) is 6.45. The molecule has 3 nitrogen and oxygen atoms in total. The Hall–Kier alpha value is -1.59. The highest BCUT2D eigenvalue weighted by Crippen LogP contribution is 2.09. The van der Waals surface area contributed by atoms with Crippen LogP contribution in [0.4, 0.5) is 19.0 Å². The van der Waals surface area contributed by atoms with Crippen molar-refractivity contribution in [2.24, 2.45) is 0 Å². The first kappa shape index (κ1) is 15.4. The molecule has 96 valence electrons. The number of aldehydes is 1. The summed E-state index contributed by atoms with van der Waals surface area (Å²) in [6.07, 6.45) is -3.89. The normalized spacial score (nSPS) is 10.5. The molecule has 0 aliphatic carbocycles. The van der Waals surface area contributed by atoms with Crippen LogP contribution in [-0.2, 0) is 4.79 Å². The molecular weight excluding hydrogens is 233 g/mol. The topological polar surface area (TPSA) is 33.2 Å². The van der Waals surface area contributed by atoms with Gasteiger partial charge in [0.05, 0.1) is 0 Å². The van der Waals surface area contributed by atoms with Crippen molar-refractivity contribution in [1.82, 2.24) is 4.98 Å². The zero-order chi connectivity index (χ0) is 13.5. The van der Waals surface area contributed by atoms with Crippen LogP contribution in [0, 0.1) is 0 Å². The molecule has 0 atom stereocenters. The standard InChI is InChI=1S/C9H14N2.C2HF3O/c1-8(2)11(3)9-6-4-5-7-10-9;3-2(4,5)1-6/h4-8H,1-3H3;1H. The third-order valence-corrected chi connectivity index (χ3v) is 1.92. The summed E-state index contributed by atoms with van der Waals surface area (Å²) in [6.45, 7) is 4.30. The van der Waals surface area contributed by atoms with Crippen LogP contribution in [0.1, 0.15) is 13.8 Å². The van der Waals surface area contributed by atoms with Gasteiger partial charge in [0.25, 0.3) is 0 Å². The van der Waals surface area contributed by atoms with Crippen molar-refractivity contribution in [1.29, 1.82) is 0 Å². The molecule has 6 heteroatoms. The van der Waals surface area contributed by atoms with E-state index in [4.69, 9.17) is 4.79 Å². The molecule has 1 heterocycles. The van der Waals surface area contributed by atoms with Gasteiger partial charge < -0.3 is 4.90 Å². The van der Waals surface area contributed by atoms with E-state index in [1.54, 1.807) is 0 Å². The van der Waals surface area contributed by atoms with E-state index in [1.807, 2.05) is 31.4 Å². The van der Waals surface area contributed by atoms with Crippen LogP contribution in [0.15, 0.2) is 24.4 Å². The van der Waals surface area contributed by atoms with E-state index in [0.29, 0.717) is 6.04 Å². The summed E-state index contributed by atoms with van der Waals surface area (Å²) in [5, 5.41) is 0. The van der Waals surface area contributed by atoms with E-state index in [9.17, 15) is 13.2 Å². The Morgan fingerprint density at radius 2 is 1.88 bits per heavy atom. The molecule has 1 aromatic heterocycles. The second-order valence-electron chi connectivity index (χ2n) is 3.55. The van der Waals surface area contributed by atoms with E-state index in [-0.39, 0.29) is 0 Å². The predicted octanol–water partition coefficient (Wildman–Crippen LogP) is 2.67. The van der Waals surface area contributed by atoms with Crippen LogP contribution in [0.3, 0.4) is 0 Å². The fourth-order valence-electron chi connectivity index (χ4n) is 0.827. The van der Waals surface area contributed by atoms with Crippen LogP contribution in [0.25, 0.3) is 0 Å². The summed E-state index contributed by atoms with van der Waals surface area (Å²) < 4.78 is 31.2. The van der Waals surface area contributed by atoms with Gasteiger partial charge in [0, 0.05) is 19.3 Å². The van der Waals surface area contributed by atoms with Crippen LogP contribution in [-0.4, -0.2) is 30.5 Å². The Morgan fingerprint density at radius 3 is 2.18 bits per heavy atom. The van der Waals surface area contributed by atoms with Gasteiger partial charge in [-0.15, -0.1) is 0 Å². The fourth-order valence-corrected chi connectivity index (χ4v) is 0.827. The number of halogens is 3. The van der Waals surface area contributed by atoms with Crippen molar-refractivity contribution in [3.63, 3.8) is 0 Å². The lowest BCUT2D eigenvalue weighted by Crippen LogP contribution is -2.26. The number of carbonyl (C=O) groups excluding carboxylic acids is 1. The molecule has 0 saturated carbocycles. The van der Waals surface area contributed by atoms with Crippen molar-refractivity contribution < 1.29 is 18.0 Å². The van der Waals surface area contributed by atoms with Gasteiger partial charge in [-0.2, -0.15) is 13.2 Å². The van der Waals surface area contributed by atoms with Crippen molar-refractivity contribution in [3.05, 3.63) is 24.4 Å². The maximum absolute atomic E-state index is 10.4. The maximum atomic E-state index is 10.4. The first-order valence-corrected chi connectivity index (χ1v) is 4.95. The second kappa shape index (κ2) is 6.88. The molecule has 0 aliphatic rings. The number of rotatable bonds is 2. The molecule has 0 aromatic carbocycles. The third-order valence-electron chi connectivity index (χ3n) is 1.92. The number of aromatic nitrogens is 1. The summed E-state index contributed by atoms with van der Waals surface area (Å²) in [7, 11) is 2.05. The van der Waals surface area contributed by atoms with Crippen LogP contribution in [0.5, 0.6) is 0 Å². The van der Waals surface area contributed by atoms with Gasteiger partial charge in [-0.1, -0.05) is 6.07 Å². The highest BCUT2D eigenvalue weighted by molar-refractivity contribution is 5.56. The van der Waals surface area contributed by atoms with Crippen LogP contribution < -0.4 is 4.90 Å². The number of carbonyl (C=O) groups is 1. The first-order valence-electron chi connectivity index (χ1n) is 4.95. The molecule has 0 radical (unpaired) electrons. The fraction of sp³-hybridized carbons (Fsp3) is 0.455. The number of alkyl halides is 3. The number of hydrogen-bond donors (Lipinski definition) is 0. The molecule has 17 heavy (non-hydrogen) atoms. The Kier molecular flexibility index (Phi) is 6.23.